The molecule has 2 amide bonds. The number of aryl methyl sites for hydroxylation is 1. The van der Waals surface area contributed by atoms with Gasteiger partial charge in [0.1, 0.15) is 5.75 Å². The number of hydrogen-bond donors (Lipinski definition) is 2. The summed E-state index contributed by atoms with van der Waals surface area (Å²) in [6.45, 7) is 1.79. The van der Waals surface area contributed by atoms with Gasteiger partial charge in [0, 0.05) is 16.6 Å². The lowest BCUT2D eigenvalue weighted by Crippen LogP contribution is -2.25. The zero-order chi connectivity index (χ0) is 17.6. The minimum atomic E-state index is -0.396. The summed E-state index contributed by atoms with van der Waals surface area (Å²) in [4.78, 5) is 24.0. The van der Waals surface area contributed by atoms with Gasteiger partial charge < -0.3 is 19.8 Å². The van der Waals surface area contributed by atoms with Crippen LogP contribution in [0, 0.1) is 6.92 Å². The average molecular weight is 357 g/mol. The maximum atomic E-state index is 12.6. The Morgan fingerprint density at radius 2 is 2.12 bits per heavy atom. The summed E-state index contributed by atoms with van der Waals surface area (Å²) in [6, 6.07) is 10.4. The van der Waals surface area contributed by atoms with Gasteiger partial charge in [-0.25, -0.2) is 0 Å². The predicted octanol–water partition coefficient (Wildman–Crippen LogP) is 3.98. The van der Waals surface area contributed by atoms with Crippen molar-refractivity contribution >= 4 is 45.8 Å². The van der Waals surface area contributed by atoms with Gasteiger partial charge >= 0.3 is 0 Å². The summed E-state index contributed by atoms with van der Waals surface area (Å²) in [5, 5.41) is 6.71. The molecule has 1 aliphatic rings. The average Bonchev–Trinajstić information content (AvgIpc) is 2.93. The number of carbonyl (C=O) groups excluding carboxylic acids is 2. The van der Waals surface area contributed by atoms with Crippen LogP contribution in [-0.2, 0) is 4.79 Å². The van der Waals surface area contributed by atoms with Crippen LogP contribution in [0.25, 0.3) is 11.0 Å². The van der Waals surface area contributed by atoms with Crippen LogP contribution in [0.4, 0.5) is 11.4 Å². The van der Waals surface area contributed by atoms with E-state index in [1.165, 1.54) is 0 Å². The van der Waals surface area contributed by atoms with Gasteiger partial charge in [-0.15, -0.1) is 0 Å². The fraction of sp³-hybridized carbons (Fsp3) is 0.111. The smallest absolute Gasteiger partial charge is 0.291 e. The number of amides is 2. The van der Waals surface area contributed by atoms with Crippen molar-refractivity contribution < 1.29 is 18.7 Å². The Morgan fingerprint density at radius 1 is 1.28 bits per heavy atom. The van der Waals surface area contributed by atoms with Crippen LogP contribution in [-0.4, -0.2) is 18.4 Å². The molecule has 2 heterocycles. The van der Waals surface area contributed by atoms with Crippen LogP contribution in [0.1, 0.15) is 16.1 Å². The summed E-state index contributed by atoms with van der Waals surface area (Å²) in [6.07, 6.45) is 0. The van der Waals surface area contributed by atoms with Gasteiger partial charge in [-0.05, 0) is 31.2 Å². The van der Waals surface area contributed by atoms with E-state index in [2.05, 4.69) is 10.6 Å². The van der Waals surface area contributed by atoms with Crippen LogP contribution in [0.15, 0.2) is 40.8 Å². The summed E-state index contributed by atoms with van der Waals surface area (Å²) in [5.74, 6) is 0.122. The Kier molecular flexibility index (Phi) is 3.62. The molecule has 0 spiro atoms. The second kappa shape index (κ2) is 5.82. The molecule has 6 nitrogen and oxygen atoms in total. The van der Waals surface area contributed by atoms with Gasteiger partial charge in [-0.1, -0.05) is 23.7 Å². The Labute approximate surface area is 147 Å². The Hall–Kier alpha value is -2.99. The predicted molar refractivity (Wildman–Crippen MR) is 94.5 cm³/mol. The quantitative estimate of drug-likeness (QED) is 0.727. The standard InChI is InChI=1S/C18H13ClN2O4/c1-9-11-3-2-4-12(19)17(11)25-16(9)18(23)20-10-5-6-14-13(7-10)21-15(22)8-24-14/h2-7H,8H2,1H3,(H,20,23)(H,21,22). The van der Waals surface area contributed by atoms with E-state index in [4.69, 9.17) is 20.8 Å². The molecule has 1 aromatic heterocycles. The van der Waals surface area contributed by atoms with Gasteiger partial charge in [0.05, 0.1) is 10.7 Å². The number of halogens is 1. The van der Waals surface area contributed by atoms with Crippen molar-refractivity contribution in [2.24, 2.45) is 0 Å². The highest BCUT2D eigenvalue weighted by Crippen LogP contribution is 2.33. The van der Waals surface area contributed by atoms with Crippen molar-refractivity contribution in [2.75, 3.05) is 17.2 Å². The van der Waals surface area contributed by atoms with Crippen LogP contribution in [0.3, 0.4) is 0 Å². The van der Waals surface area contributed by atoms with E-state index in [9.17, 15) is 9.59 Å². The summed E-state index contributed by atoms with van der Waals surface area (Å²) >= 11 is 6.12. The van der Waals surface area contributed by atoms with E-state index >= 15 is 0 Å². The molecular weight excluding hydrogens is 344 g/mol. The van der Waals surface area contributed by atoms with Crippen molar-refractivity contribution in [2.45, 2.75) is 6.92 Å². The highest BCUT2D eigenvalue weighted by molar-refractivity contribution is 6.35. The first kappa shape index (κ1) is 15.5. The van der Waals surface area contributed by atoms with Gasteiger partial charge in [0.2, 0.25) is 0 Å². The first-order chi connectivity index (χ1) is 12.0. The molecule has 0 saturated heterocycles. The van der Waals surface area contributed by atoms with E-state index in [0.717, 1.165) is 5.39 Å². The minimum absolute atomic E-state index is 0.0162. The van der Waals surface area contributed by atoms with Crippen molar-refractivity contribution in [1.29, 1.82) is 0 Å². The van der Waals surface area contributed by atoms with Crippen LogP contribution in [0.2, 0.25) is 5.02 Å². The first-order valence-corrected chi connectivity index (χ1v) is 7.96. The van der Waals surface area contributed by atoms with Crippen molar-refractivity contribution in [1.82, 2.24) is 0 Å². The van der Waals surface area contributed by atoms with Gasteiger partial charge in [0.25, 0.3) is 11.8 Å². The number of ether oxygens (including phenoxy) is 1. The van der Waals surface area contributed by atoms with Gasteiger partial charge in [-0.3, -0.25) is 9.59 Å². The van der Waals surface area contributed by atoms with Gasteiger partial charge in [0.15, 0.2) is 18.0 Å². The normalized spacial score (nSPS) is 13.1. The second-order valence-corrected chi connectivity index (χ2v) is 6.08. The van der Waals surface area contributed by atoms with E-state index in [1.807, 2.05) is 6.07 Å². The third kappa shape index (κ3) is 2.70. The molecule has 0 atom stereocenters. The molecule has 0 radical (unpaired) electrons. The number of fused-ring (bicyclic) bond motifs is 2. The number of furan rings is 1. The number of anilines is 2. The fourth-order valence-corrected chi connectivity index (χ4v) is 2.99. The molecule has 2 aromatic carbocycles. The summed E-state index contributed by atoms with van der Waals surface area (Å²) < 4.78 is 10.9. The molecule has 0 unspecified atom stereocenters. The largest absolute Gasteiger partial charge is 0.482 e. The fourth-order valence-electron chi connectivity index (χ4n) is 2.77. The molecule has 0 aliphatic carbocycles. The van der Waals surface area contributed by atoms with Crippen molar-refractivity contribution in [3.63, 3.8) is 0 Å². The number of para-hydroxylation sites is 1. The molecule has 1 aliphatic heterocycles. The van der Waals surface area contributed by atoms with Crippen LogP contribution in [0.5, 0.6) is 5.75 Å². The number of nitrogens with one attached hydrogen (secondary N) is 2. The molecule has 0 fully saturated rings. The topological polar surface area (TPSA) is 80.6 Å². The maximum absolute atomic E-state index is 12.6. The minimum Gasteiger partial charge on any atom is -0.482 e. The summed E-state index contributed by atoms with van der Waals surface area (Å²) in [7, 11) is 0. The highest BCUT2D eigenvalue weighted by atomic mass is 35.5. The highest BCUT2D eigenvalue weighted by Gasteiger charge is 2.20. The lowest BCUT2D eigenvalue weighted by molar-refractivity contribution is -0.118. The lowest BCUT2D eigenvalue weighted by Gasteiger charge is -2.18. The monoisotopic (exact) mass is 356 g/mol. The molecule has 126 valence electrons. The molecule has 3 aromatic rings. The molecule has 0 saturated carbocycles. The summed E-state index contributed by atoms with van der Waals surface area (Å²) in [5.41, 5.74) is 2.22. The molecule has 2 N–H and O–H groups in total. The number of benzene rings is 2. The van der Waals surface area contributed by atoms with Gasteiger partial charge in [-0.2, -0.15) is 0 Å². The number of hydrogen-bond acceptors (Lipinski definition) is 4. The second-order valence-electron chi connectivity index (χ2n) is 5.67. The van der Waals surface area contributed by atoms with E-state index in [1.54, 1.807) is 37.3 Å². The number of rotatable bonds is 2. The molecule has 7 heteroatoms. The Bertz CT molecular complexity index is 1030. The first-order valence-electron chi connectivity index (χ1n) is 7.58. The van der Waals surface area contributed by atoms with E-state index < -0.39 is 5.91 Å². The van der Waals surface area contributed by atoms with E-state index in [0.29, 0.717) is 33.3 Å². The molecule has 4 rings (SSSR count). The SMILES string of the molecule is Cc1c(C(=O)Nc2ccc3c(c2)NC(=O)CO3)oc2c(Cl)cccc12. The third-order valence-corrected chi connectivity index (χ3v) is 4.29. The molecular formula is C18H13ClN2O4. The Morgan fingerprint density at radius 3 is 2.92 bits per heavy atom. The Balaban J connectivity index is 1.65. The zero-order valence-electron chi connectivity index (χ0n) is 13.2. The lowest BCUT2D eigenvalue weighted by atomic mass is 10.1. The molecule has 25 heavy (non-hydrogen) atoms. The zero-order valence-corrected chi connectivity index (χ0v) is 13.9. The van der Waals surface area contributed by atoms with Crippen LogP contribution < -0.4 is 15.4 Å². The van der Waals surface area contributed by atoms with E-state index in [-0.39, 0.29) is 18.3 Å². The molecule has 0 bridgehead atoms. The van der Waals surface area contributed by atoms with Crippen LogP contribution >= 0.6 is 11.6 Å². The number of carbonyl (C=O) groups is 2. The maximum Gasteiger partial charge on any atom is 0.291 e. The third-order valence-electron chi connectivity index (χ3n) is 3.99. The van der Waals surface area contributed by atoms with Crippen molar-refractivity contribution in [3.8, 4) is 5.75 Å². The van der Waals surface area contributed by atoms with Crippen molar-refractivity contribution in [3.05, 3.63) is 52.7 Å².